The number of carbonyl (C=O) groups is 3. The summed E-state index contributed by atoms with van der Waals surface area (Å²) in [7, 11) is 4.42. The number of aliphatic hydroxyl groups excluding tert-OH is 4. The molecule has 0 saturated carbocycles. The van der Waals surface area contributed by atoms with Gasteiger partial charge in [0.25, 0.3) is 11.5 Å². The van der Waals surface area contributed by atoms with E-state index in [0.29, 0.717) is 41.2 Å². The number of halogens is 2. The molecule has 0 aliphatic carbocycles. The summed E-state index contributed by atoms with van der Waals surface area (Å²) in [6, 6.07) is 0.536. The second-order valence-electron chi connectivity index (χ2n) is 25.3. The first-order chi connectivity index (χ1) is 40.3. The number of methoxy groups -OCH3 is 2. The van der Waals surface area contributed by atoms with Crippen molar-refractivity contribution in [2.24, 2.45) is 7.05 Å². The zero-order valence-electron chi connectivity index (χ0n) is 52.0. The molecule has 7 aliphatic heterocycles. The average molecular weight is 1320 g/mol. The Morgan fingerprint density at radius 2 is 1.01 bits per heavy atom. The molecule has 16 atom stereocenters. The largest absolute Gasteiger partial charge is 0.389 e. The molecule has 0 spiro atoms. The Kier molecular flexibility index (Phi) is 26.1. The first-order valence-corrected chi connectivity index (χ1v) is 41.0. The average Bonchev–Trinajstić information content (AvgIpc) is 2.02. The normalized spacial score (nSPS) is 31.8. The molecular weight excluding hydrogens is 1230 g/mol. The molecule has 0 unspecified atom stereocenters. The standard InChI is InChI=1S/C15H25N2O5P.C15H25N2O4P.C14H22ClN2O3P.C14H22FN2O3P/c1-16-11(18)6-8-17(15(16)20)14-13(21-2)12(19)10(22-14)7-9-23(3,4)5;1-10-16-12(18)6-8-17(10)15-14(20-2)13(19)11(21-15)7-9-22(3,4)5;2*1-8-9(7-16-14(19)17-8)13-11(15)12(18)10(20-13)5-6-21(2,3)4/h6,8,10,12-14,19H,3,7,9H2,1-2,4-5H3;6,8,11,13-15,19H,1,3,7,9H2,2,4-5H3,(H,16,18);2*7,10-13,18H,1-2,5-6H2,3-4H3,(H2,16,17,19)/t10-,12-,13-,14-;11-,13-,14-,15-;2*10-,11-,12-,13+/m1111/s1. The van der Waals surface area contributed by atoms with Gasteiger partial charge in [-0.3, -0.25) is 18.7 Å². The molecule has 9 N–H and O–H groups in total. The van der Waals surface area contributed by atoms with Gasteiger partial charge in [0.05, 0.1) is 35.9 Å². The zero-order chi connectivity index (χ0) is 65.4. The summed E-state index contributed by atoms with van der Waals surface area (Å²) in [5.74, 6) is 0.186. The minimum absolute atomic E-state index is 0.228. The number of carbonyl (C=O) groups excluding carboxylic acids is 3. The molecule has 29 heteroatoms. The minimum atomic E-state index is -1.54. The molecular formula is C58H94ClFN8O15P4. The van der Waals surface area contributed by atoms with E-state index in [0.717, 1.165) is 42.1 Å². The van der Waals surface area contributed by atoms with Crippen LogP contribution in [0.1, 0.15) is 31.9 Å². The molecule has 8 heterocycles. The van der Waals surface area contributed by atoms with E-state index in [1.54, 1.807) is 18.2 Å². The first-order valence-electron chi connectivity index (χ1n) is 28.3. The summed E-state index contributed by atoms with van der Waals surface area (Å²) in [5, 5.41) is 53.3. The number of ether oxygens (including phenoxy) is 6. The lowest BCUT2D eigenvalue weighted by Crippen LogP contribution is -2.47. The molecule has 490 valence electrons. The van der Waals surface area contributed by atoms with Crippen molar-refractivity contribution < 1.29 is 67.6 Å². The minimum Gasteiger partial charge on any atom is -0.389 e. The molecule has 87 heavy (non-hydrogen) atoms. The third-order valence-electron chi connectivity index (χ3n) is 15.2. The Hall–Kier alpha value is -4.05. The summed E-state index contributed by atoms with van der Waals surface area (Å²) >= 11 is 6.30. The molecule has 0 radical (unpaired) electrons. The highest BCUT2D eigenvalue weighted by Gasteiger charge is 2.50. The molecule has 4 fully saturated rings. The van der Waals surface area contributed by atoms with E-state index in [4.69, 9.17) is 40.0 Å². The van der Waals surface area contributed by atoms with E-state index < -0.39 is 124 Å². The van der Waals surface area contributed by atoms with Gasteiger partial charge in [-0.2, -0.15) is 0 Å². The molecule has 1 aromatic heterocycles. The van der Waals surface area contributed by atoms with Crippen LogP contribution in [0.15, 0.2) is 94.6 Å². The first kappa shape index (κ1) is 73.7. The number of nitrogens with one attached hydrogen (secondary N) is 5. The van der Waals surface area contributed by atoms with Crippen LogP contribution >= 0.6 is 39.1 Å². The van der Waals surface area contributed by atoms with Crippen LogP contribution in [-0.4, -0.2) is 261 Å². The maximum Gasteiger partial charge on any atom is 0.332 e. The van der Waals surface area contributed by atoms with Crippen LogP contribution in [0.25, 0.3) is 0 Å². The molecule has 0 bridgehead atoms. The van der Waals surface area contributed by atoms with Gasteiger partial charge < -0.3 is 80.3 Å². The van der Waals surface area contributed by atoms with E-state index in [9.17, 15) is 48.8 Å². The summed E-state index contributed by atoms with van der Waals surface area (Å²) in [6.45, 7) is 23.5. The smallest absolute Gasteiger partial charge is 0.332 e. The zero-order valence-corrected chi connectivity index (χ0v) is 56.3. The van der Waals surface area contributed by atoms with Gasteiger partial charge in [-0.05, 0) is 104 Å². The molecule has 5 amide bonds. The van der Waals surface area contributed by atoms with Crippen LogP contribution in [-0.2, 0) is 40.3 Å². The van der Waals surface area contributed by atoms with Crippen molar-refractivity contribution in [3.63, 3.8) is 0 Å². The number of hydrogen-bond acceptors (Lipinski definition) is 16. The lowest BCUT2D eigenvalue weighted by atomic mass is 10.00. The number of rotatable bonds is 18. The summed E-state index contributed by atoms with van der Waals surface area (Å²) in [5.41, 5.74) is 0.949. The van der Waals surface area contributed by atoms with Gasteiger partial charge in [0.1, 0.15) is 48.5 Å². The molecule has 8 rings (SSSR count). The van der Waals surface area contributed by atoms with E-state index >= 15 is 0 Å². The molecule has 7 aliphatic rings. The van der Waals surface area contributed by atoms with Gasteiger partial charge >= 0.3 is 17.8 Å². The highest BCUT2D eigenvalue weighted by Crippen LogP contribution is 2.44. The number of alkyl halides is 2. The van der Waals surface area contributed by atoms with Crippen molar-refractivity contribution in [2.75, 3.05) is 92.2 Å². The quantitative estimate of drug-likeness (QED) is 0.0753. The van der Waals surface area contributed by atoms with Crippen molar-refractivity contribution in [2.45, 2.75) is 123 Å². The third-order valence-corrected chi connectivity index (χ3v) is 21.5. The Labute approximate surface area is 516 Å². The van der Waals surface area contributed by atoms with Gasteiger partial charge in [0.15, 0.2) is 18.6 Å². The summed E-state index contributed by atoms with van der Waals surface area (Å²) in [4.78, 5) is 59.1. The molecule has 23 nitrogen and oxygen atoms in total. The highest BCUT2D eigenvalue weighted by atomic mass is 35.5. The number of nitrogens with zero attached hydrogens (tertiary/aromatic N) is 3. The van der Waals surface area contributed by atoms with Gasteiger partial charge in [-0.15, -0.1) is 64.3 Å². The lowest BCUT2D eigenvalue weighted by Gasteiger charge is -2.33. The maximum absolute atomic E-state index is 14.3. The fraction of sp³-hybridized carbons (Fsp3) is 0.603. The van der Waals surface area contributed by atoms with Crippen molar-refractivity contribution in [3.05, 3.63) is 106 Å². The third kappa shape index (κ3) is 20.5. The van der Waals surface area contributed by atoms with Gasteiger partial charge in [-0.1, -0.05) is 19.7 Å². The second kappa shape index (κ2) is 30.8. The number of aromatic nitrogens is 2. The van der Waals surface area contributed by atoms with E-state index in [1.165, 1.54) is 49.5 Å². The molecule has 4 saturated heterocycles. The SMILES string of the molecule is C=C1NC(=O)C=CN1[C@@H]1O[C@H](CCP(=C)(C)C)[C@@H](O)[C@H]1OC.C=C1NC(=O)NC=C1[C@@H]1O[C@H](CCP(=C)(C)C)[C@@H](O)[C@H]1Cl.C=C1NC(=O)NC=C1[C@@H]1O[C@H](CCP(=C)(C)C)[C@@H](O)[C@H]1F.C=P(C)(C)CC[C@H]1O[C@@H](n2ccc(=O)n(C)c2=O)[C@H](OC)[C@@H]1O. The fourth-order valence-electron chi connectivity index (χ4n) is 10.2. The van der Waals surface area contributed by atoms with Crippen molar-refractivity contribution >= 4 is 82.3 Å². The Balaban J connectivity index is 0.000000212. The topological polar surface area (TPSA) is 295 Å². The molecule has 1 aromatic rings. The lowest BCUT2D eigenvalue weighted by molar-refractivity contribution is -0.118. The number of aliphatic hydroxyl groups is 4. The van der Waals surface area contributed by atoms with Crippen molar-refractivity contribution in [1.82, 2.24) is 40.6 Å². The predicted molar refractivity (Wildman–Crippen MR) is 354 cm³/mol. The number of urea groups is 2. The highest BCUT2D eigenvalue weighted by molar-refractivity contribution is 7.73. The van der Waals surface area contributed by atoms with Gasteiger partial charge in [-0.25, -0.2) is 18.8 Å². The Morgan fingerprint density at radius 1 is 0.609 bits per heavy atom. The monoisotopic (exact) mass is 1320 g/mol. The van der Waals surface area contributed by atoms with Crippen molar-refractivity contribution in [3.8, 4) is 0 Å². The van der Waals surface area contributed by atoms with E-state index in [1.807, 2.05) is 0 Å². The van der Waals surface area contributed by atoms with Crippen LogP contribution in [0.3, 0.4) is 0 Å². The van der Waals surface area contributed by atoms with Gasteiger partial charge in [0.2, 0.25) is 0 Å². The van der Waals surface area contributed by atoms with Crippen molar-refractivity contribution in [1.29, 1.82) is 0 Å². The maximum atomic E-state index is 14.3. The van der Waals surface area contributed by atoms with E-state index in [2.05, 4.69) is 125 Å². The van der Waals surface area contributed by atoms with E-state index in [-0.39, 0.29) is 29.7 Å². The van der Waals surface area contributed by atoms with Crippen LogP contribution in [0.4, 0.5) is 14.0 Å². The fourth-order valence-corrected chi connectivity index (χ4v) is 14.3. The van der Waals surface area contributed by atoms with Gasteiger partial charge in [0, 0.05) is 80.7 Å². The Morgan fingerprint density at radius 3 is 1.44 bits per heavy atom. The summed E-state index contributed by atoms with van der Waals surface area (Å²) in [6.07, 6.45) is 19.7. The summed E-state index contributed by atoms with van der Waals surface area (Å²) < 4.78 is 50.8. The van der Waals surface area contributed by atoms with Crippen LogP contribution < -0.4 is 37.8 Å². The number of amides is 5. The van der Waals surface area contributed by atoms with Crippen LogP contribution in [0, 0.1) is 0 Å². The second-order valence-corrected chi connectivity index (χ2v) is 43.1. The number of hydrogen-bond donors (Lipinski definition) is 9. The van der Waals surface area contributed by atoms with Crippen LogP contribution in [0.2, 0.25) is 0 Å². The molecule has 0 aromatic carbocycles. The van der Waals surface area contributed by atoms with Crippen LogP contribution in [0.5, 0.6) is 0 Å². The Bertz CT molecular complexity index is 3020. The predicted octanol–water partition coefficient (Wildman–Crippen LogP) is 3.32.